The summed E-state index contributed by atoms with van der Waals surface area (Å²) in [7, 11) is 3.22. The van der Waals surface area contributed by atoms with Gasteiger partial charge in [-0.3, -0.25) is 0 Å². The lowest BCUT2D eigenvalue weighted by molar-refractivity contribution is 0.402. The first-order valence-electron chi connectivity index (χ1n) is 4.19. The fourth-order valence-corrected chi connectivity index (χ4v) is 1.17. The van der Waals surface area contributed by atoms with Crippen molar-refractivity contribution in [1.29, 1.82) is 0 Å². The molecule has 0 aliphatic heterocycles. The first kappa shape index (κ1) is 10.4. The molecular weight excluding hydrogens is 180 g/mol. The number of ether oxygens (including phenoxy) is 2. The average molecular weight is 194 g/mol. The smallest absolute Gasteiger partial charge is 0.128 e. The standard InChI is InChI=1S/C10H14N2O2/c1-7(12-11)9-6-8(13-2)4-5-10(9)14-3/h4-6H,11H2,1-3H3/b12-7+. The van der Waals surface area contributed by atoms with Gasteiger partial charge in [0.1, 0.15) is 11.5 Å². The molecule has 4 nitrogen and oxygen atoms in total. The van der Waals surface area contributed by atoms with Gasteiger partial charge in [-0.05, 0) is 25.1 Å². The summed E-state index contributed by atoms with van der Waals surface area (Å²) in [6, 6.07) is 5.49. The molecule has 0 atom stereocenters. The van der Waals surface area contributed by atoms with Gasteiger partial charge >= 0.3 is 0 Å². The van der Waals surface area contributed by atoms with Crippen molar-refractivity contribution in [2.75, 3.05) is 14.2 Å². The Balaban J connectivity index is 3.21. The molecule has 0 heterocycles. The monoisotopic (exact) mass is 194 g/mol. The highest BCUT2D eigenvalue weighted by molar-refractivity contribution is 6.01. The predicted molar refractivity (Wildman–Crippen MR) is 55.9 cm³/mol. The number of hydrogen-bond donors (Lipinski definition) is 1. The summed E-state index contributed by atoms with van der Waals surface area (Å²) < 4.78 is 10.3. The summed E-state index contributed by atoms with van der Waals surface area (Å²) in [5, 5.41) is 3.62. The van der Waals surface area contributed by atoms with E-state index in [-0.39, 0.29) is 0 Å². The second-order valence-corrected chi connectivity index (χ2v) is 2.78. The van der Waals surface area contributed by atoms with Gasteiger partial charge in [0.25, 0.3) is 0 Å². The molecule has 0 fully saturated rings. The van der Waals surface area contributed by atoms with Gasteiger partial charge in [-0.15, -0.1) is 0 Å². The van der Waals surface area contributed by atoms with Crippen LogP contribution in [0.3, 0.4) is 0 Å². The first-order chi connectivity index (χ1) is 6.72. The van der Waals surface area contributed by atoms with Crippen LogP contribution in [0.15, 0.2) is 23.3 Å². The minimum atomic E-state index is 0.709. The highest BCUT2D eigenvalue weighted by atomic mass is 16.5. The van der Waals surface area contributed by atoms with Crippen LogP contribution in [0.25, 0.3) is 0 Å². The predicted octanol–water partition coefficient (Wildman–Crippen LogP) is 1.39. The maximum absolute atomic E-state index is 5.21. The number of hydrogen-bond acceptors (Lipinski definition) is 4. The fourth-order valence-electron chi connectivity index (χ4n) is 1.17. The van der Waals surface area contributed by atoms with Gasteiger partial charge in [0.05, 0.1) is 19.9 Å². The van der Waals surface area contributed by atoms with Crippen LogP contribution in [0.1, 0.15) is 12.5 Å². The summed E-state index contributed by atoms with van der Waals surface area (Å²) in [6.45, 7) is 1.82. The van der Waals surface area contributed by atoms with Gasteiger partial charge in [0, 0.05) is 5.56 Å². The van der Waals surface area contributed by atoms with E-state index >= 15 is 0 Å². The highest BCUT2D eigenvalue weighted by Crippen LogP contribution is 2.24. The van der Waals surface area contributed by atoms with Gasteiger partial charge in [0.2, 0.25) is 0 Å². The molecule has 1 aromatic rings. The van der Waals surface area contributed by atoms with Crippen LogP contribution >= 0.6 is 0 Å². The molecule has 2 N–H and O–H groups in total. The minimum Gasteiger partial charge on any atom is -0.497 e. The molecule has 1 rings (SSSR count). The van der Waals surface area contributed by atoms with Crippen LogP contribution < -0.4 is 15.3 Å². The number of benzene rings is 1. The third kappa shape index (κ3) is 1.96. The lowest BCUT2D eigenvalue weighted by Crippen LogP contribution is -2.02. The molecular formula is C10H14N2O2. The SMILES string of the molecule is COc1ccc(OC)c(/C(C)=N/N)c1. The van der Waals surface area contributed by atoms with Crippen molar-refractivity contribution in [2.24, 2.45) is 10.9 Å². The van der Waals surface area contributed by atoms with Crippen LogP contribution in [0, 0.1) is 0 Å². The summed E-state index contributed by atoms with van der Waals surface area (Å²) in [5.74, 6) is 6.70. The van der Waals surface area contributed by atoms with Crippen molar-refractivity contribution in [3.63, 3.8) is 0 Å². The lowest BCUT2D eigenvalue weighted by Gasteiger charge is -2.09. The van der Waals surface area contributed by atoms with E-state index < -0.39 is 0 Å². The highest BCUT2D eigenvalue weighted by Gasteiger charge is 2.07. The molecule has 1 aromatic carbocycles. The van der Waals surface area contributed by atoms with Gasteiger partial charge in [-0.1, -0.05) is 0 Å². The molecule has 14 heavy (non-hydrogen) atoms. The Labute approximate surface area is 83.3 Å². The van der Waals surface area contributed by atoms with E-state index in [1.165, 1.54) is 0 Å². The zero-order valence-corrected chi connectivity index (χ0v) is 8.57. The van der Waals surface area contributed by atoms with E-state index in [2.05, 4.69) is 5.10 Å². The second kappa shape index (κ2) is 4.50. The quantitative estimate of drug-likeness (QED) is 0.449. The molecule has 0 saturated heterocycles. The third-order valence-corrected chi connectivity index (χ3v) is 1.99. The van der Waals surface area contributed by atoms with Crippen LogP contribution in [-0.2, 0) is 0 Å². The maximum Gasteiger partial charge on any atom is 0.128 e. The zero-order chi connectivity index (χ0) is 10.6. The molecule has 0 saturated carbocycles. The number of nitrogens with two attached hydrogens (primary N) is 1. The maximum atomic E-state index is 5.21. The molecule has 0 spiro atoms. The molecule has 0 unspecified atom stereocenters. The molecule has 0 aromatic heterocycles. The molecule has 0 aliphatic carbocycles. The number of rotatable bonds is 3. The Morgan fingerprint density at radius 2 is 2.00 bits per heavy atom. The fraction of sp³-hybridized carbons (Fsp3) is 0.300. The lowest BCUT2D eigenvalue weighted by atomic mass is 10.1. The summed E-state index contributed by atoms with van der Waals surface area (Å²) in [4.78, 5) is 0. The molecule has 0 aliphatic rings. The topological polar surface area (TPSA) is 56.8 Å². The van der Waals surface area contributed by atoms with E-state index in [4.69, 9.17) is 15.3 Å². The normalized spacial score (nSPS) is 11.2. The molecule has 0 radical (unpaired) electrons. The average Bonchev–Trinajstić information content (AvgIpc) is 2.27. The van der Waals surface area contributed by atoms with Gasteiger partial charge in [-0.2, -0.15) is 5.10 Å². The van der Waals surface area contributed by atoms with E-state index in [0.29, 0.717) is 5.71 Å². The molecule has 76 valence electrons. The Bertz CT molecular complexity index is 348. The van der Waals surface area contributed by atoms with Gasteiger partial charge < -0.3 is 15.3 Å². The Morgan fingerprint density at radius 3 is 2.50 bits per heavy atom. The van der Waals surface area contributed by atoms with E-state index in [1.54, 1.807) is 14.2 Å². The van der Waals surface area contributed by atoms with Crippen LogP contribution in [0.5, 0.6) is 11.5 Å². The van der Waals surface area contributed by atoms with Crippen LogP contribution in [-0.4, -0.2) is 19.9 Å². The molecule has 0 bridgehead atoms. The third-order valence-electron chi connectivity index (χ3n) is 1.99. The van der Waals surface area contributed by atoms with Gasteiger partial charge in [0.15, 0.2) is 0 Å². The molecule has 4 heteroatoms. The summed E-state index contributed by atoms with van der Waals surface area (Å²) >= 11 is 0. The van der Waals surface area contributed by atoms with E-state index in [9.17, 15) is 0 Å². The molecule has 0 amide bonds. The van der Waals surface area contributed by atoms with E-state index in [1.807, 2.05) is 25.1 Å². The van der Waals surface area contributed by atoms with Crippen molar-refractivity contribution in [3.05, 3.63) is 23.8 Å². The Hall–Kier alpha value is -1.71. The van der Waals surface area contributed by atoms with Crippen LogP contribution in [0.2, 0.25) is 0 Å². The van der Waals surface area contributed by atoms with Gasteiger partial charge in [-0.25, -0.2) is 0 Å². The first-order valence-corrected chi connectivity index (χ1v) is 4.19. The summed E-state index contributed by atoms with van der Waals surface area (Å²) in [5.41, 5.74) is 1.55. The summed E-state index contributed by atoms with van der Waals surface area (Å²) in [6.07, 6.45) is 0. The van der Waals surface area contributed by atoms with Crippen molar-refractivity contribution in [3.8, 4) is 11.5 Å². The second-order valence-electron chi connectivity index (χ2n) is 2.78. The van der Waals surface area contributed by atoms with Crippen molar-refractivity contribution < 1.29 is 9.47 Å². The number of methoxy groups -OCH3 is 2. The Kier molecular flexibility index (Phi) is 3.34. The van der Waals surface area contributed by atoms with Crippen LogP contribution in [0.4, 0.5) is 0 Å². The van der Waals surface area contributed by atoms with E-state index in [0.717, 1.165) is 17.1 Å². The minimum absolute atomic E-state index is 0.709. The van der Waals surface area contributed by atoms with Crippen molar-refractivity contribution in [2.45, 2.75) is 6.92 Å². The zero-order valence-electron chi connectivity index (χ0n) is 8.57. The number of nitrogens with zero attached hydrogens (tertiary/aromatic N) is 1. The number of hydrazone groups is 1. The largest absolute Gasteiger partial charge is 0.497 e. The van der Waals surface area contributed by atoms with Crippen molar-refractivity contribution in [1.82, 2.24) is 0 Å². The Morgan fingerprint density at radius 1 is 1.29 bits per heavy atom. The van der Waals surface area contributed by atoms with Crippen molar-refractivity contribution >= 4 is 5.71 Å².